The molecule has 4 rings (SSSR count). The topological polar surface area (TPSA) is 126 Å². The van der Waals surface area contributed by atoms with Gasteiger partial charge in [-0.15, -0.1) is 0 Å². The van der Waals surface area contributed by atoms with Crippen LogP contribution in [0.2, 0.25) is 0 Å². The first-order valence-electron chi connectivity index (χ1n) is 10.3. The summed E-state index contributed by atoms with van der Waals surface area (Å²) < 4.78 is 29.1. The van der Waals surface area contributed by atoms with Crippen LogP contribution in [0.4, 0.5) is 11.5 Å². The largest absolute Gasteiger partial charge is 0.354 e. The Balaban J connectivity index is 1.40. The molecule has 0 aliphatic carbocycles. The van der Waals surface area contributed by atoms with Gasteiger partial charge in [0.25, 0.3) is 0 Å². The molecule has 1 amide bonds. The number of aromatic nitrogens is 5. The van der Waals surface area contributed by atoms with Crippen molar-refractivity contribution in [2.24, 2.45) is 0 Å². The molecule has 0 radical (unpaired) electrons. The van der Waals surface area contributed by atoms with Crippen molar-refractivity contribution >= 4 is 27.4 Å². The molecule has 32 heavy (non-hydrogen) atoms. The fraction of sp³-hybridized carbons (Fsp3) is 0.350. The molecule has 12 heteroatoms. The molecule has 0 spiro atoms. The van der Waals surface area contributed by atoms with Crippen molar-refractivity contribution in [3.05, 3.63) is 49.3 Å². The van der Waals surface area contributed by atoms with Gasteiger partial charge < -0.3 is 10.2 Å². The van der Waals surface area contributed by atoms with Gasteiger partial charge in [-0.25, -0.2) is 28.1 Å². The summed E-state index contributed by atoms with van der Waals surface area (Å²) in [5, 5.41) is 6.83. The molecule has 1 aliphatic rings. The predicted octanol–water partition coefficient (Wildman–Crippen LogP) is 1.31. The van der Waals surface area contributed by atoms with Crippen molar-refractivity contribution in [3.8, 4) is 5.82 Å². The summed E-state index contributed by atoms with van der Waals surface area (Å²) in [4.78, 5) is 26.4. The van der Waals surface area contributed by atoms with E-state index in [1.165, 1.54) is 29.1 Å². The molecule has 0 bridgehead atoms. The van der Waals surface area contributed by atoms with Crippen LogP contribution in [-0.4, -0.2) is 69.5 Å². The predicted molar refractivity (Wildman–Crippen MR) is 118 cm³/mol. The third-order valence-corrected chi connectivity index (χ3v) is 7.02. The second-order valence-electron chi connectivity index (χ2n) is 7.29. The number of nitrogens with zero attached hydrogens (tertiary/aromatic N) is 7. The number of anilines is 2. The number of benzene rings is 1. The molecule has 1 saturated heterocycles. The number of carbonyl (C=O) groups is 1. The maximum absolute atomic E-state index is 13.1. The molecule has 11 nitrogen and oxygen atoms in total. The van der Waals surface area contributed by atoms with Crippen molar-refractivity contribution in [3.63, 3.8) is 0 Å². The number of carbonyl (C=O) groups excluding carboxylic acids is 1. The SMILES string of the molecule is CCCC(=O)Nc1ccc(S(=O)(=O)N2CCN(c3cc(-n4cncn4)ncn3)CC2)cc1. The zero-order valence-corrected chi connectivity index (χ0v) is 18.4. The van der Waals surface area contributed by atoms with Gasteiger partial charge in [-0.3, -0.25) is 4.79 Å². The van der Waals surface area contributed by atoms with E-state index in [1.54, 1.807) is 29.2 Å². The summed E-state index contributed by atoms with van der Waals surface area (Å²) in [5.41, 5.74) is 0.583. The second-order valence-corrected chi connectivity index (χ2v) is 9.23. The van der Waals surface area contributed by atoms with Crippen molar-refractivity contribution in [1.82, 2.24) is 29.0 Å². The van der Waals surface area contributed by atoms with Crippen molar-refractivity contribution < 1.29 is 13.2 Å². The molecule has 0 unspecified atom stereocenters. The maximum atomic E-state index is 13.1. The van der Waals surface area contributed by atoms with E-state index in [4.69, 9.17) is 0 Å². The average molecular weight is 457 g/mol. The summed E-state index contributed by atoms with van der Waals surface area (Å²) in [5.74, 6) is 1.21. The minimum absolute atomic E-state index is 0.0871. The smallest absolute Gasteiger partial charge is 0.243 e. The van der Waals surface area contributed by atoms with Gasteiger partial charge in [0, 0.05) is 44.4 Å². The molecular weight excluding hydrogens is 432 g/mol. The summed E-state index contributed by atoms with van der Waals surface area (Å²) >= 11 is 0. The fourth-order valence-electron chi connectivity index (χ4n) is 3.43. The van der Waals surface area contributed by atoms with Gasteiger partial charge in [0.1, 0.15) is 24.8 Å². The van der Waals surface area contributed by atoms with Crippen LogP contribution < -0.4 is 10.2 Å². The van der Waals surface area contributed by atoms with E-state index in [0.29, 0.717) is 49.9 Å². The highest BCUT2D eigenvalue weighted by Crippen LogP contribution is 2.22. The van der Waals surface area contributed by atoms with E-state index < -0.39 is 10.0 Å². The standard InChI is InChI=1S/C20H24N8O3S/c1-2-3-20(29)25-16-4-6-17(7-5-16)32(30,31)27-10-8-26(9-11-27)18-12-19(23-14-22-18)28-15-21-13-24-28/h4-7,12-15H,2-3,8-11H2,1H3,(H,25,29). The lowest BCUT2D eigenvalue weighted by Crippen LogP contribution is -2.48. The Kier molecular flexibility index (Phi) is 6.42. The van der Waals surface area contributed by atoms with Crippen LogP contribution in [0.1, 0.15) is 19.8 Å². The molecule has 1 aromatic carbocycles. The van der Waals surface area contributed by atoms with Crippen molar-refractivity contribution in [2.45, 2.75) is 24.7 Å². The Morgan fingerprint density at radius 3 is 2.41 bits per heavy atom. The highest BCUT2D eigenvalue weighted by atomic mass is 32.2. The Morgan fingerprint density at radius 1 is 1.03 bits per heavy atom. The van der Waals surface area contributed by atoms with Gasteiger partial charge >= 0.3 is 0 Å². The first-order valence-corrected chi connectivity index (χ1v) is 11.7. The number of piperazine rings is 1. The number of hydrogen-bond acceptors (Lipinski definition) is 8. The quantitative estimate of drug-likeness (QED) is 0.564. The van der Waals surface area contributed by atoms with Gasteiger partial charge in [0.15, 0.2) is 5.82 Å². The first-order chi connectivity index (χ1) is 15.5. The number of sulfonamides is 1. The lowest BCUT2D eigenvalue weighted by atomic mass is 10.3. The van der Waals surface area contributed by atoms with Crippen LogP contribution in [0.25, 0.3) is 5.82 Å². The van der Waals surface area contributed by atoms with E-state index >= 15 is 0 Å². The lowest BCUT2D eigenvalue weighted by Gasteiger charge is -2.34. The summed E-state index contributed by atoms with van der Waals surface area (Å²) in [7, 11) is -3.63. The molecule has 0 atom stereocenters. The first kappa shape index (κ1) is 21.8. The summed E-state index contributed by atoms with van der Waals surface area (Å²) in [6, 6.07) is 8.08. The second kappa shape index (κ2) is 9.40. The summed E-state index contributed by atoms with van der Waals surface area (Å²) in [6.45, 7) is 3.59. The van der Waals surface area contributed by atoms with E-state index in [9.17, 15) is 13.2 Å². The Morgan fingerprint density at radius 2 is 1.75 bits per heavy atom. The highest BCUT2D eigenvalue weighted by molar-refractivity contribution is 7.89. The molecule has 2 aromatic heterocycles. The van der Waals surface area contributed by atoms with E-state index in [0.717, 1.165) is 6.42 Å². The molecule has 1 aliphatic heterocycles. The molecule has 168 valence electrons. The lowest BCUT2D eigenvalue weighted by molar-refractivity contribution is -0.116. The molecular formula is C20H24N8O3S. The van der Waals surface area contributed by atoms with Gasteiger partial charge in [0.2, 0.25) is 15.9 Å². The van der Waals surface area contributed by atoms with Crippen LogP contribution in [0.15, 0.2) is 54.2 Å². The van der Waals surface area contributed by atoms with Crippen LogP contribution >= 0.6 is 0 Å². The van der Waals surface area contributed by atoms with Gasteiger partial charge in [-0.05, 0) is 30.7 Å². The van der Waals surface area contributed by atoms with E-state index in [-0.39, 0.29) is 10.8 Å². The molecule has 3 heterocycles. The van der Waals surface area contributed by atoms with Crippen LogP contribution in [0, 0.1) is 0 Å². The monoisotopic (exact) mass is 456 g/mol. The highest BCUT2D eigenvalue weighted by Gasteiger charge is 2.29. The van der Waals surface area contributed by atoms with E-state index in [2.05, 4.69) is 25.4 Å². The number of nitrogens with one attached hydrogen (secondary N) is 1. The molecule has 1 fully saturated rings. The van der Waals surface area contributed by atoms with Crippen molar-refractivity contribution in [2.75, 3.05) is 36.4 Å². The summed E-state index contributed by atoms with van der Waals surface area (Å²) in [6.07, 6.45) is 5.61. The zero-order chi connectivity index (χ0) is 22.6. The maximum Gasteiger partial charge on any atom is 0.243 e. The Bertz CT molecular complexity index is 1160. The molecule has 1 N–H and O–H groups in total. The minimum atomic E-state index is -3.63. The van der Waals surface area contributed by atoms with Crippen LogP contribution in [0.5, 0.6) is 0 Å². The minimum Gasteiger partial charge on any atom is -0.354 e. The zero-order valence-electron chi connectivity index (χ0n) is 17.6. The van der Waals surface area contributed by atoms with Crippen molar-refractivity contribution in [1.29, 1.82) is 0 Å². The van der Waals surface area contributed by atoms with E-state index in [1.807, 2.05) is 11.8 Å². The normalized spacial score (nSPS) is 15.0. The number of rotatable bonds is 7. The van der Waals surface area contributed by atoms with Gasteiger partial charge in [-0.2, -0.15) is 9.40 Å². The Labute approximate surface area is 186 Å². The number of hydrogen-bond donors (Lipinski definition) is 1. The molecule has 0 saturated carbocycles. The molecule has 3 aromatic rings. The fourth-order valence-corrected chi connectivity index (χ4v) is 4.85. The third kappa shape index (κ3) is 4.75. The Hall–Kier alpha value is -3.38. The number of amides is 1. The van der Waals surface area contributed by atoms with Crippen LogP contribution in [0.3, 0.4) is 0 Å². The third-order valence-electron chi connectivity index (χ3n) is 5.11. The van der Waals surface area contributed by atoms with Gasteiger partial charge in [0.05, 0.1) is 4.90 Å². The van der Waals surface area contributed by atoms with Gasteiger partial charge in [-0.1, -0.05) is 6.92 Å². The van der Waals surface area contributed by atoms with Crippen LogP contribution in [-0.2, 0) is 14.8 Å². The average Bonchev–Trinajstić information content (AvgIpc) is 3.35.